The lowest BCUT2D eigenvalue weighted by molar-refractivity contribution is 0.625. The molecule has 2 nitrogen and oxygen atoms in total. The number of hydrogen-bond acceptors (Lipinski definition) is 3. The van der Waals surface area contributed by atoms with Crippen LogP contribution in [0.25, 0.3) is 6.08 Å². The topological polar surface area (TPSA) is 24.9 Å². The van der Waals surface area contributed by atoms with E-state index in [2.05, 4.69) is 36.3 Å². The van der Waals surface area contributed by atoms with E-state index in [1.807, 2.05) is 12.4 Å². The normalized spacial score (nSPS) is 13.6. The average molecular weight is 210 g/mol. The first-order valence-corrected chi connectivity index (χ1v) is 5.93. The molecule has 0 spiro atoms. The molecule has 1 N–H and O–H groups in total. The summed E-state index contributed by atoms with van der Waals surface area (Å²) in [5.41, 5.74) is 3.01. The van der Waals surface area contributed by atoms with Crippen LogP contribution in [0, 0.1) is 6.92 Å². The lowest BCUT2D eigenvalue weighted by Crippen LogP contribution is -2.24. The molecule has 1 heterocycles. The maximum Gasteiger partial charge on any atom is 0.0801 e. The standard InChI is InChI=1S/C11H18N2S/c1-4-7-12-9(2)5-6-11-10(3)13-8-14-11/h5-6,8-9,12H,4,7H2,1-3H3/b6-5+. The van der Waals surface area contributed by atoms with Crippen LogP contribution in [-0.4, -0.2) is 17.6 Å². The molecule has 0 aliphatic carbocycles. The van der Waals surface area contributed by atoms with Gasteiger partial charge in [0, 0.05) is 10.9 Å². The van der Waals surface area contributed by atoms with Crippen molar-refractivity contribution < 1.29 is 0 Å². The van der Waals surface area contributed by atoms with Crippen molar-refractivity contribution in [1.29, 1.82) is 0 Å². The summed E-state index contributed by atoms with van der Waals surface area (Å²) in [5, 5.41) is 3.41. The zero-order valence-corrected chi connectivity index (χ0v) is 9.90. The second kappa shape index (κ2) is 5.94. The summed E-state index contributed by atoms with van der Waals surface area (Å²) in [7, 11) is 0. The van der Waals surface area contributed by atoms with Crippen molar-refractivity contribution in [2.45, 2.75) is 33.2 Å². The fraction of sp³-hybridized carbons (Fsp3) is 0.545. The molecule has 14 heavy (non-hydrogen) atoms. The van der Waals surface area contributed by atoms with Gasteiger partial charge in [-0.25, -0.2) is 4.98 Å². The van der Waals surface area contributed by atoms with Crippen LogP contribution in [0.5, 0.6) is 0 Å². The van der Waals surface area contributed by atoms with Gasteiger partial charge >= 0.3 is 0 Å². The molecule has 0 saturated heterocycles. The highest BCUT2D eigenvalue weighted by atomic mass is 32.1. The highest BCUT2D eigenvalue weighted by Crippen LogP contribution is 2.13. The first kappa shape index (κ1) is 11.4. The minimum Gasteiger partial charge on any atom is -0.311 e. The summed E-state index contributed by atoms with van der Waals surface area (Å²) in [6.45, 7) is 7.47. The molecule has 0 radical (unpaired) electrons. The Balaban J connectivity index is 2.43. The minimum absolute atomic E-state index is 0.441. The van der Waals surface area contributed by atoms with Crippen LogP contribution in [0.3, 0.4) is 0 Å². The molecule has 1 unspecified atom stereocenters. The molecule has 0 amide bonds. The van der Waals surface area contributed by atoms with E-state index in [1.54, 1.807) is 11.3 Å². The number of nitrogens with zero attached hydrogens (tertiary/aromatic N) is 1. The van der Waals surface area contributed by atoms with Crippen molar-refractivity contribution in [2.24, 2.45) is 0 Å². The third-order valence-corrected chi connectivity index (χ3v) is 2.93. The molecule has 1 rings (SSSR count). The SMILES string of the molecule is CCCNC(C)/C=C/c1scnc1C. The zero-order chi connectivity index (χ0) is 10.4. The largest absolute Gasteiger partial charge is 0.311 e. The van der Waals surface area contributed by atoms with E-state index < -0.39 is 0 Å². The Hall–Kier alpha value is -0.670. The first-order chi connectivity index (χ1) is 6.74. The number of aromatic nitrogens is 1. The Morgan fingerprint density at radius 3 is 3.00 bits per heavy atom. The Morgan fingerprint density at radius 1 is 1.64 bits per heavy atom. The second-order valence-corrected chi connectivity index (χ2v) is 4.29. The van der Waals surface area contributed by atoms with Crippen LogP contribution >= 0.6 is 11.3 Å². The maximum atomic E-state index is 4.20. The lowest BCUT2D eigenvalue weighted by Gasteiger charge is -2.06. The van der Waals surface area contributed by atoms with Gasteiger partial charge < -0.3 is 5.32 Å². The molecule has 3 heteroatoms. The lowest BCUT2D eigenvalue weighted by atomic mass is 10.2. The molecule has 1 aromatic rings. The summed E-state index contributed by atoms with van der Waals surface area (Å²) in [6, 6.07) is 0.441. The Bertz CT molecular complexity index is 291. The van der Waals surface area contributed by atoms with E-state index in [1.165, 1.54) is 11.3 Å². The molecule has 1 aromatic heterocycles. The van der Waals surface area contributed by atoms with Gasteiger partial charge in [0.05, 0.1) is 11.2 Å². The van der Waals surface area contributed by atoms with E-state index >= 15 is 0 Å². The molecule has 1 atom stereocenters. The van der Waals surface area contributed by atoms with Gasteiger partial charge in [-0.3, -0.25) is 0 Å². The van der Waals surface area contributed by atoms with Gasteiger partial charge in [0.2, 0.25) is 0 Å². The average Bonchev–Trinajstić information content (AvgIpc) is 2.58. The van der Waals surface area contributed by atoms with Crippen molar-refractivity contribution in [3.63, 3.8) is 0 Å². The number of nitrogens with one attached hydrogen (secondary N) is 1. The highest BCUT2D eigenvalue weighted by molar-refractivity contribution is 7.10. The van der Waals surface area contributed by atoms with Gasteiger partial charge in [0.1, 0.15) is 0 Å². The monoisotopic (exact) mass is 210 g/mol. The summed E-state index contributed by atoms with van der Waals surface area (Å²) in [5.74, 6) is 0. The second-order valence-electron chi connectivity index (χ2n) is 3.40. The van der Waals surface area contributed by atoms with E-state index in [4.69, 9.17) is 0 Å². The summed E-state index contributed by atoms with van der Waals surface area (Å²) >= 11 is 1.69. The number of thiazole rings is 1. The first-order valence-electron chi connectivity index (χ1n) is 5.05. The van der Waals surface area contributed by atoms with Gasteiger partial charge in [-0.05, 0) is 32.9 Å². The number of aryl methyl sites for hydroxylation is 1. The Labute approximate surface area is 90.1 Å². The van der Waals surface area contributed by atoms with Gasteiger partial charge in [-0.15, -0.1) is 11.3 Å². The molecular weight excluding hydrogens is 192 g/mol. The van der Waals surface area contributed by atoms with Crippen molar-refractivity contribution in [1.82, 2.24) is 10.3 Å². The van der Waals surface area contributed by atoms with Crippen molar-refractivity contribution in [3.8, 4) is 0 Å². The molecule has 0 bridgehead atoms. The van der Waals surface area contributed by atoms with Crippen molar-refractivity contribution in [3.05, 3.63) is 22.2 Å². The number of hydrogen-bond donors (Lipinski definition) is 1. The van der Waals surface area contributed by atoms with Gasteiger partial charge in [-0.1, -0.05) is 13.0 Å². The molecule has 0 aliphatic rings. The Morgan fingerprint density at radius 2 is 2.43 bits per heavy atom. The molecule has 0 fully saturated rings. The van der Waals surface area contributed by atoms with Crippen LogP contribution in [-0.2, 0) is 0 Å². The van der Waals surface area contributed by atoms with Gasteiger partial charge in [0.15, 0.2) is 0 Å². The molecule has 0 saturated carbocycles. The predicted molar refractivity (Wildman–Crippen MR) is 63.6 cm³/mol. The molecule has 78 valence electrons. The van der Waals surface area contributed by atoms with Crippen LogP contribution < -0.4 is 5.32 Å². The minimum atomic E-state index is 0.441. The maximum absolute atomic E-state index is 4.20. The molecule has 0 aliphatic heterocycles. The molecule has 0 aromatic carbocycles. The summed E-state index contributed by atoms with van der Waals surface area (Å²) < 4.78 is 0. The fourth-order valence-corrected chi connectivity index (χ4v) is 1.85. The van der Waals surface area contributed by atoms with E-state index in [9.17, 15) is 0 Å². The number of rotatable bonds is 5. The quantitative estimate of drug-likeness (QED) is 0.808. The van der Waals surface area contributed by atoms with Gasteiger partial charge in [0.25, 0.3) is 0 Å². The Kier molecular flexibility index (Phi) is 4.84. The summed E-state index contributed by atoms with van der Waals surface area (Å²) in [6.07, 6.45) is 5.52. The van der Waals surface area contributed by atoms with Crippen molar-refractivity contribution >= 4 is 17.4 Å². The van der Waals surface area contributed by atoms with Gasteiger partial charge in [-0.2, -0.15) is 0 Å². The van der Waals surface area contributed by atoms with E-state index in [0.717, 1.165) is 12.2 Å². The third-order valence-electron chi connectivity index (χ3n) is 2.04. The van der Waals surface area contributed by atoms with Crippen LogP contribution in [0.4, 0.5) is 0 Å². The van der Waals surface area contributed by atoms with Crippen LogP contribution in [0.1, 0.15) is 30.8 Å². The van der Waals surface area contributed by atoms with Crippen LogP contribution in [0.15, 0.2) is 11.6 Å². The fourth-order valence-electron chi connectivity index (χ4n) is 1.14. The predicted octanol–water partition coefficient (Wildman–Crippen LogP) is 2.85. The smallest absolute Gasteiger partial charge is 0.0801 e. The summed E-state index contributed by atoms with van der Waals surface area (Å²) in [4.78, 5) is 5.46. The van der Waals surface area contributed by atoms with Crippen LogP contribution in [0.2, 0.25) is 0 Å². The zero-order valence-electron chi connectivity index (χ0n) is 9.08. The highest BCUT2D eigenvalue weighted by Gasteiger charge is 1.97. The van der Waals surface area contributed by atoms with Crippen molar-refractivity contribution in [2.75, 3.05) is 6.54 Å². The third kappa shape index (κ3) is 3.60. The van der Waals surface area contributed by atoms with E-state index in [-0.39, 0.29) is 0 Å². The molecular formula is C11H18N2S. The van der Waals surface area contributed by atoms with E-state index in [0.29, 0.717) is 6.04 Å².